The lowest BCUT2D eigenvalue weighted by Gasteiger charge is -2.38. The Bertz CT molecular complexity index is 1290. The molecule has 1 aliphatic rings. The Balaban J connectivity index is 1.71. The number of benzene rings is 2. The van der Waals surface area contributed by atoms with Gasteiger partial charge in [0.1, 0.15) is 22.6 Å². The largest absolute Gasteiger partial charge is 0.758 e. The van der Waals surface area contributed by atoms with Crippen LogP contribution in [0.5, 0.6) is 0 Å². The molecule has 32 heavy (non-hydrogen) atoms. The molecule has 0 aliphatic carbocycles. The van der Waals surface area contributed by atoms with Crippen molar-refractivity contribution in [2.24, 2.45) is 10.7 Å². The van der Waals surface area contributed by atoms with Crippen molar-refractivity contribution >= 4 is 33.1 Å². The molecule has 0 radical (unpaired) electrons. The summed E-state index contributed by atoms with van der Waals surface area (Å²) in [4.78, 5) is 8.17. The van der Waals surface area contributed by atoms with Gasteiger partial charge < -0.3 is 21.7 Å². The number of pyridine rings is 1. The van der Waals surface area contributed by atoms with Gasteiger partial charge in [-0.3, -0.25) is 4.31 Å². The standard InChI is InChI=1S/C22H21N6O3S/c1-27(17-10-6-3-7-11-17)32(30,31)19-12-16(13-25-21(19)23)18-14-28(29)20(22(24)26-18)15-8-4-2-5-9-15/h2-14,20H,1H3,(H2,23,25)(H2,24,26)/q-1. The second kappa shape index (κ2) is 8.33. The SMILES string of the molecule is CN(c1ccccc1)S(=O)(=O)c1cc(C2=CN([O-])C(c3ccccc3)C(N)=N2)cnc1N. The van der Waals surface area contributed by atoms with Gasteiger partial charge in [-0.2, -0.15) is 0 Å². The summed E-state index contributed by atoms with van der Waals surface area (Å²) >= 11 is 0. The molecule has 9 nitrogen and oxygen atoms in total. The van der Waals surface area contributed by atoms with Crippen LogP contribution in [0.1, 0.15) is 17.2 Å². The number of anilines is 2. The molecule has 2 heterocycles. The highest BCUT2D eigenvalue weighted by Crippen LogP contribution is 2.32. The molecular formula is C22H21N6O3S-. The molecule has 1 aliphatic heterocycles. The number of nitrogen functional groups attached to an aromatic ring is 1. The third-order valence-corrected chi connectivity index (χ3v) is 6.90. The maximum atomic E-state index is 13.2. The zero-order valence-corrected chi connectivity index (χ0v) is 18.0. The quantitative estimate of drug-likeness (QED) is 0.610. The lowest BCUT2D eigenvalue weighted by atomic mass is 10.0. The van der Waals surface area contributed by atoms with Crippen LogP contribution in [0.4, 0.5) is 11.5 Å². The zero-order chi connectivity index (χ0) is 22.9. The van der Waals surface area contributed by atoms with Crippen molar-refractivity contribution < 1.29 is 8.42 Å². The first-order valence-electron chi connectivity index (χ1n) is 9.65. The fourth-order valence-corrected chi connectivity index (χ4v) is 4.66. The number of rotatable bonds is 5. The first kappa shape index (κ1) is 21.3. The average molecular weight is 450 g/mol. The molecule has 164 valence electrons. The van der Waals surface area contributed by atoms with Gasteiger partial charge in [0.25, 0.3) is 10.0 Å². The van der Waals surface area contributed by atoms with Crippen LogP contribution in [0.25, 0.3) is 5.70 Å². The summed E-state index contributed by atoms with van der Waals surface area (Å²) in [7, 11) is -2.59. The summed E-state index contributed by atoms with van der Waals surface area (Å²) in [6.45, 7) is 0. The van der Waals surface area contributed by atoms with Crippen LogP contribution in [-0.4, -0.2) is 31.3 Å². The van der Waals surface area contributed by atoms with Gasteiger partial charge in [0.2, 0.25) is 0 Å². The number of para-hydroxylation sites is 1. The lowest BCUT2D eigenvalue weighted by molar-refractivity contribution is 0.456. The molecule has 0 bridgehead atoms. The highest BCUT2D eigenvalue weighted by molar-refractivity contribution is 7.93. The molecule has 0 spiro atoms. The molecule has 10 heteroatoms. The highest BCUT2D eigenvalue weighted by Gasteiger charge is 2.27. The number of hydrogen-bond acceptors (Lipinski definition) is 8. The van der Waals surface area contributed by atoms with Crippen LogP contribution < -0.4 is 15.8 Å². The van der Waals surface area contributed by atoms with E-state index < -0.39 is 16.1 Å². The van der Waals surface area contributed by atoms with Crippen LogP contribution in [-0.2, 0) is 10.0 Å². The molecule has 1 unspecified atom stereocenters. The molecule has 1 atom stereocenters. The van der Waals surface area contributed by atoms with E-state index in [1.807, 2.05) is 6.07 Å². The van der Waals surface area contributed by atoms with Gasteiger partial charge in [-0.25, -0.2) is 18.4 Å². The van der Waals surface area contributed by atoms with Crippen molar-refractivity contribution in [3.63, 3.8) is 0 Å². The molecule has 0 amide bonds. The minimum atomic E-state index is -4.02. The summed E-state index contributed by atoms with van der Waals surface area (Å²) in [6, 6.07) is 18.2. The maximum Gasteiger partial charge on any atom is 0.267 e. The summed E-state index contributed by atoms with van der Waals surface area (Å²) in [5, 5.41) is 13.4. The molecular weight excluding hydrogens is 428 g/mol. The van der Waals surface area contributed by atoms with Crippen LogP contribution in [0.15, 0.2) is 89.0 Å². The van der Waals surface area contributed by atoms with Gasteiger partial charge in [0.05, 0.1) is 11.4 Å². The van der Waals surface area contributed by atoms with E-state index in [9.17, 15) is 13.6 Å². The van der Waals surface area contributed by atoms with Crippen LogP contribution in [0.3, 0.4) is 0 Å². The maximum absolute atomic E-state index is 13.2. The summed E-state index contributed by atoms with van der Waals surface area (Å²) in [5.74, 6) is -0.0719. The van der Waals surface area contributed by atoms with E-state index in [2.05, 4.69) is 9.98 Å². The molecule has 4 rings (SSSR count). The Hall–Kier alpha value is -3.89. The molecule has 0 saturated carbocycles. The number of sulfonamides is 1. The zero-order valence-electron chi connectivity index (χ0n) is 17.2. The van der Waals surface area contributed by atoms with Crippen molar-refractivity contribution in [2.75, 3.05) is 17.1 Å². The number of aromatic nitrogens is 1. The molecule has 3 aromatic rings. The van der Waals surface area contributed by atoms with Gasteiger partial charge in [-0.05, 0) is 23.8 Å². The first-order valence-corrected chi connectivity index (χ1v) is 11.1. The third-order valence-electron chi connectivity index (χ3n) is 5.08. The number of aliphatic imine (C=N–C) groups is 1. The number of nitrogens with two attached hydrogens (primary N) is 2. The van der Waals surface area contributed by atoms with Crippen molar-refractivity contribution in [3.05, 3.63) is 95.5 Å². The van der Waals surface area contributed by atoms with E-state index >= 15 is 0 Å². The van der Waals surface area contributed by atoms with Gasteiger partial charge in [0.15, 0.2) is 0 Å². The minimum absolute atomic E-state index is 0.0892. The molecule has 1 aromatic heterocycles. The van der Waals surface area contributed by atoms with Crippen LogP contribution in [0.2, 0.25) is 0 Å². The van der Waals surface area contributed by atoms with Crippen molar-refractivity contribution in [1.82, 2.24) is 10.0 Å². The second-order valence-corrected chi connectivity index (χ2v) is 9.08. The topological polar surface area (TPSA) is 141 Å². The number of nitrogens with zero attached hydrogens (tertiary/aromatic N) is 4. The third kappa shape index (κ3) is 3.88. The number of hydroxylamine groups is 2. The fraction of sp³-hybridized carbons (Fsp3) is 0.0909. The van der Waals surface area contributed by atoms with Crippen molar-refractivity contribution in [2.45, 2.75) is 10.9 Å². The average Bonchev–Trinajstić information content (AvgIpc) is 2.79. The Morgan fingerprint density at radius 3 is 2.28 bits per heavy atom. The van der Waals surface area contributed by atoms with Gasteiger partial charge in [0, 0.05) is 25.0 Å². The van der Waals surface area contributed by atoms with Gasteiger partial charge in [-0.15, -0.1) is 0 Å². The Morgan fingerprint density at radius 2 is 1.66 bits per heavy atom. The van der Waals surface area contributed by atoms with E-state index in [1.165, 1.54) is 25.5 Å². The Kier molecular flexibility index (Phi) is 5.56. The predicted octanol–water partition coefficient (Wildman–Crippen LogP) is 2.70. The smallest absolute Gasteiger partial charge is 0.267 e. The normalized spacial score (nSPS) is 16.3. The Morgan fingerprint density at radius 1 is 1.03 bits per heavy atom. The van der Waals surface area contributed by atoms with E-state index in [-0.39, 0.29) is 22.2 Å². The second-order valence-electron chi connectivity index (χ2n) is 7.14. The highest BCUT2D eigenvalue weighted by atomic mass is 32.2. The van der Waals surface area contributed by atoms with E-state index in [0.29, 0.717) is 21.9 Å². The van der Waals surface area contributed by atoms with Crippen LogP contribution in [0, 0.1) is 5.21 Å². The van der Waals surface area contributed by atoms with Gasteiger partial charge >= 0.3 is 0 Å². The monoisotopic (exact) mass is 449 g/mol. The van der Waals surface area contributed by atoms with E-state index in [0.717, 1.165) is 4.31 Å². The number of amidine groups is 1. The summed E-state index contributed by atoms with van der Waals surface area (Å²) in [6.07, 6.45) is 2.62. The summed E-state index contributed by atoms with van der Waals surface area (Å²) < 4.78 is 27.5. The predicted molar refractivity (Wildman–Crippen MR) is 125 cm³/mol. The van der Waals surface area contributed by atoms with E-state index in [1.54, 1.807) is 54.6 Å². The molecule has 0 saturated heterocycles. The molecule has 0 fully saturated rings. The summed E-state index contributed by atoms with van der Waals surface area (Å²) in [5.41, 5.74) is 13.7. The van der Waals surface area contributed by atoms with Crippen LogP contribution >= 0.6 is 0 Å². The minimum Gasteiger partial charge on any atom is -0.758 e. The molecule has 4 N–H and O–H groups in total. The van der Waals surface area contributed by atoms with E-state index in [4.69, 9.17) is 11.5 Å². The fourth-order valence-electron chi connectivity index (χ4n) is 3.37. The Labute approximate surface area is 185 Å². The van der Waals surface area contributed by atoms with Crippen molar-refractivity contribution in [3.8, 4) is 0 Å². The number of hydrogen-bond donors (Lipinski definition) is 2. The first-order chi connectivity index (χ1) is 15.3. The lowest BCUT2D eigenvalue weighted by Crippen LogP contribution is -2.34. The van der Waals surface area contributed by atoms with Gasteiger partial charge in [-0.1, -0.05) is 48.5 Å². The molecule has 2 aromatic carbocycles. The van der Waals surface area contributed by atoms with Crippen molar-refractivity contribution in [1.29, 1.82) is 0 Å².